The standard InChI is InChI=1S/C30H43FN6O4S/c1-20(2)37(21(3)4)29(38)25-13-23(31)5-6-26(25)41-27-14-32-19-33-28(27)36-12-9-22(16-36)15-35-17-30(18-35)10-7-24(8-11-30)34-42(39)40/h5-6,13-14,19-22,24,34H,7-12,15-18H2,1-4H3,(H,39,40)/p-1/t22-/m1/s1. The molecule has 1 amide bonds. The van der Waals surface area contributed by atoms with Gasteiger partial charge in [-0.1, -0.05) is 0 Å². The molecule has 3 heterocycles. The number of hydrogen-bond acceptors (Lipinski definition) is 8. The maximum absolute atomic E-state index is 14.3. The van der Waals surface area contributed by atoms with Crippen molar-refractivity contribution in [3.63, 3.8) is 0 Å². The van der Waals surface area contributed by atoms with Crippen LogP contribution in [0.1, 0.15) is 70.2 Å². The van der Waals surface area contributed by atoms with Gasteiger partial charge in [0.2, 0.25) is 0 Å². The highest BCUT2D eigenvalue weighted by molar-refractivity contribution is 7.77. The van der Waals surface area contributed by atoms with Crippen LogP contribution in [0.2, 0.25) is 0 Å². The van der Waals surface area contributed by atoms with Gasteiger partial charge in [0.05, 0.1) is 11.8 Å². The van der Waals surface area contributed by atoms with E-state index in [1.807, 2.05) is 27.7 Å². The fourth-order valence-electron chi connectivity index (χ4n) is 7.07. The number of ether oxygens (including phenoxy) is 1. The lowest BCUT2D eigenvalue weighted by atomic mass is 9.67. The van der Waals surface area contributed by atoms with Crippen molar-refractivity contribution in [1.29, 1.82) is 0 Å². The first-order chi connectivity index (χ1) is 20.0. The molecule has 1 aliphatic carbocycles. The first-order valence-corrected chi connectivity index (χ1v) is 16.0. The summed E-state index contributed by atoms with van der Waals surface area (Å²) in [5.74, 6) is 1.08. The Kier molecular flexibility index (Phi) is 9.46. The van der Waals surface area contributed by atoms with Gasteiger partial charge in [-0.2, -0.15) is 0 Å². The molecule has 0 radical (unpaired) electrons. The highest BCUT2D eigenvalue weighted by Crippen LogP contribution is 2.44. The Morgan fingerprint density at radius 2 is 1.90 bits per heavy atom. The molecule has 2 aliphatic heterocycles. The summed E-state index contributed by atoms with van der Waals surface area (Å²) in [4.78, 5) is 28.6. The van der Waals surface area contributed by atoms with Crippen molar-refractivity contribution < 1.29 is 22.7 Å². The third kappa shape index (κ3) is 6.93. The maximum Gasteiger partial charge on any atom is 0.258 e. The SMILES string of the molecule is CC(C)N(C(=O)c1cc(F)ccc1Oc1cncnc1N1CC[C@H](CN2CC3(CCC(NS(=O)[O-])CC3)C2)C1)C(C)C. The molecule has 42 heavy (non-hydrogen) atoms. The predicted molar refractivity (Wildman–Crippen MR) is 158 cm³/mol. The van der Waals surface area contributed by atoms with Crippen LogP contribution in [0, 0.1) is 17.2 Å². The third-order valence-corrected chi connectivity index (χ3v) is 9.45. The number of aromatic nitrogens is 2. The number of halogens is 1. The Labute approximate surface area is 250 Å². The lowest BCUT2D eigenvalue weighted by molar-refractivity contribution is -0.0386. The summed E-state index contributed by atoms with van der Waals surface area (Å²) in [6, 6.07) is 3.98. The summed E-state index contributed by atoms with van der Waals surface area (Å²) in [5.41, 5.74) is 0.504. The largest absolute Gasteiger partial charge is 0.760 e. The third-order valence-electron chi connectivity index (χ3n) is 8.93. The maximum atomic E-state index is 14.3. The summed E-state index contributed by atoms with van der Waals surface area (Å²) in [7, 11) is 0. The van der Waals surface area contributed by atoms with E-state index in [1.54, 1.807) is 11.1 Å². The lowest BCUT2D eigenvalue weighted by Crippen LogP contribution is -2.59. The summed E-state index contributed by atoms with van der Waals surface area (Å²) < 4.78 is 45.1. The summed E-state index contributed by atoms with van der Waals surface area (Å²) >= 11 is -2.19. The number of carbonyl (C=O) groups excluding carboxylic acids is 1. The zero-order chi connectivity index (χ0) is 30.0. The topological polar surface area (TPSA) is 114 Å². The molecular formula is C30H42FN6O4S-. The van der Waals surface area contributed by atoms with Gasteiger partial charge in [0, 0.05) is 62.1 Å². The predicted octanol–water partition coefficient (Wildman–Crippen LogP) is 4.12. The van der Waals surface area contributed by atoms with Crippen LogP contribution in [-0.2, 0) is 11.3 Å². The van der Waals surface area contributed by atoms with Crippen LogP contribution in [0.25, 0.3) is 0 Å². The molecule has 3 fully saturated rings. The van der Waals surface area contributed by atoms with E-state index in [0.717, 1.165) is 64.8 Å². The first-order valence-electron chi connectivity index (χ1n) is 15.0. The Morgan fingerprint density at radius 3 is 2.57 bits per heavy atom. The average Bonchev–Trinajstić information content (AvgIpc) is 3.38. The molecule has 1 N–H and O–H groups in total. The molecule has 0 bridgehead atoms. The molecule has 2 atom stereocenters. The number of nitrogens with one attached hydrogen (secondary N) is 1. The van der Waals surface area contributed by atoms with Crippen molar-refractivity contribution in [3.8, 4) is 11.5 Å². The molecule has 1 spiro atoms. The number of benzene rings is 1. The van der Waals surface area contributed by atoms with Crippen LogP contribution in [0.5, 0.6) is 11.5 Å². The van der Waals surface area contributed by atoms with Crippen molar-refractivity contribution in [3.05, 3.63) is 42.1 Å². The summed E-state index contributed by atoms with van der Waals surface area (Å²) in [6.45, 7) is 12.6. The van der Waals surface area contributed by atoms with E-state index in [2.05, 4.69) is 24.5 Å². The summed E-state index contributed by atoms with van der Waals surface area (Å²) in [5, 5.41) is 0. The second kappa shape index (κ2) is 12.9. The van der Waals surface area contributed by atoms with Crippen molar-refractivity contribution >= 4 is 23.0 Å². The van der Waals surface area contributed by atoms with Gasteiger partial charge in [0.15, 0.2) is 11.6 Å². The molecular weight excluding hydrogens is 559 g/mol. The Bertz CT molecular complexity index is 1270. The van der Waals surface area contributed by atoms with Gasteiger partial charge in [0.25, 0.3) is 5.91 Å². The van der Waals surface area contributed by atoms with E-state index >= 15 is 0 Å². The Morgan fingerprint density at radius 1 is 1.19 bits per heavy atom. The van der Waals surface area contributed by atoms with Gasteiger partial charge in [-0.05, 0) is 89.3 Å². The monoisotopic (exact) mass is 601 g/mol. The molecule has 1 unspecified atom stereocenters. The zero-order valence-electron chi connectivity index (χ0n) is 24.9. The van der Waals surface area contributed by atoms with E-state index in [4.69, 9.17) is 4.74 Å². The molecule has 10 nitrogen and oxygen atoms in total. The fraction of sp³-hybridized carbons (Fsp3) is 0.633. The van der Waals surface area contributed by atoms with Crippen molar-refractivity contribution in [2.24, 2.45) is 11.3 Å². The van der Waals surface area contributed by atoms with E-state index < -0.39 is 17.1 Å². The van der Waals surface area contributed by atoms with Gasteiger partial charge in [-0.3, -0.25) is 9.00 Å². The minimum atomic E-state index is -2.19. The number of carbonyl (C=O) groups is 1. The van der Waals surface area contributed by atoms with E-state index in [1.165, 1.54) is 24.5 Å². The van der Waals surface area contributed by atoms with Gasteiger partial charge in [0.1, 0.15) is 17.9 Å². The van der Waals surface area contributed by atoms with E-state index in [9.17, 15) is 17.9 Å². The number of likely N-dealkylation sites (tertiary alicyclic amines) is 1. The van der Waals surface area contributed by atoms with Crippen LogP contribution >= 0.6 is 0 Å². The van der Waals surface area contributed by atoms with Gasteiger partial charge < -0.3 is 24.0 Å². The van der Waals surface area contributed by atoms with Crippen LogP contribution < -0.4 is 14.4 Å². The van der Waals surface area contributed by atoms with Crippen LogP contribution in [0.3, 0.4) is 0 Å². The van der Waals surface area contributed by atoms with Crippen LogP contribution in [0.4, 0.5) is 10.2 Å². The second-order valence-corrected chi connectivity index (χ2v) is 13.5. The van der Waals surface area contributed by atoms with Crippen molar-refractivity contribution in [2.45, 2.75) is 77.9 Å². The van der Waals surface area contributed by atoms with Gasteiger partial charge >= 0.3 is 0 Å². The highest BCUT2D eigenvalue weighted by Gasteiger charge is 2.45. The zero-order valence-corrected chi connectivity index (χ0v) is 25.7. The molecule has 3 aliphatic rings. The molecule has 1 saturated carbocycles. The molecule has 230 valence electrons. The minimum Gasteiger partial charge on any atom is -0.760 e. The molecule has 1 aromatic heterocycles. The smallest absolute Gasteiger partial charge is 0.258 e. The fourth-order valence-corrected chi connectivity index (χ4v) is 7.58. The molecule has 5 rings (SSSR count). The lowest BCUT2D eigenvalue weighted by Gasteiger charge is -2.54. The van der Waals surface area contributed by atoms with Crippen LogP contribution in [-0.4, -0.2) is 85.3 Å². The number of rotatable bonds is 10. The highest BCUT2D eigenvalue weighted by atomic mass is 32.2. The number of anilines is 1. The van der Waals surface area contributed by atoms with Crippen molar-refractivity contribution in [2.75, 3.05) is 37.6 Å². The molecule has 1 aromatic carbocycles. The van der Waals surface area contributed by atoms with Crippen molar-refractivity contribution in [1.82, 2.24) is 24.5 Å². The van der Waals surface area contributed by atoms with Crippen LogP contribution in [0.15, 0.2) is 30.7 Å². The normalized spacial score (nSPS) is 21.6. The second-order valence-electron chi connectivity index (χ2n) is 12.8. The Hall–Kier alpha value is -2.67. The van der Waals surface area contributed by atoms with Gasteiger partial charge in [-0.15, -0.1) is 0 Å². The molecule has 2 aromatic rings. The van der Waals surface area contributed by atoms with E-state index in [0.29, 0.717) is 22.9 Å². The Balaban J connectivity index is 1.21. The molecule has 12 heteroatoms. The number of amides is 1. The number of hydrogen-bond donors (Lipinski definition) is 1. The quantitative estimate of drug-likeness (QED) is 0.405. The minimum absolute atomic E-state index is 0.0604. The first kappa shape index (κ1) is 30.8. The molecule has 2 saturated heterocycles. The summed E-state index contributed by atoms with van der Waals surface area (Å²) in [6.07, 6.45) is 8.08. The average molecular weight is 602 g/mol. The van der Waals surface area contributed by atoms with E-state index in [-0.39, 0.29) is 35.3 Å². The van der Waals surface area contributed by atoms with Gasteiger partial charge in [-0.25, -0.2) is 19.1 Å². The number of nitrogens with zero attached hydrogens (tertiary/aromatic N) is 5.